The van der Waals surface area contributed by atoms with E-state index in [4.69, 9.17) is 9.47 Å². The summed E-state index contributed by atoms with van der Waals surface area (Å²) in [6.45, 7) is 4.78. The fourth-order valence-electron chi connectivity index (χ4n) is 3.26. The molecular formula is C21H27N3O3. The molecule has 1 aliphatic heterocycles. The number of methoxy groups -OCH3 is 1. The Morgan fingerprint density at radius 3 is 2.89 bits per heavy atom. The highest BCUT2D eigenvalue weighted by Gasteiger charge is 2.26. The van der Waals surface area contributed by atoms with Gasteiger partial charge in [-0.15, -0.1) is 0 Å². The molecule has 6 nitrogen and oxygen atoms in total. The second-order valence-corrected chi connectivity index (χ2v) is 6.64. The van der Waals surface area contributed by atoms with Gasteiger partial charge in [0.05, 0.1) is 25.9 Å². The summed E-state index contributed by atoms with van der Waals surface area (Å²) < 4.78 is 11.3. The van der Waals surface area contributed by atoms with E-state index in [1.54, 1.807) is 19.1 Å². The normalized spacial score (nSPS) is 15.5. The Balaban J connectivity index is 1.55. The first-order chi connectivity index (χ1) is 13.1. The van der Waals surface area contributed by atoms with E-state index in [0.29, 0.717) is 13.1 Å². The summed E-state index contributed by atoms with van der Waals surface area (Å²) in [6.07, 6.45) is -0.0626. The molecule has 1 aliphatic rings. The third-order valence-corrected chi connectivity index (χ3v) is 4.71. The maximum atomic E-state index is 12.5. The van der Waals surface area contributed by atoms with E-state index in [1.165, 1.54) is 0 Å². The molecule has 0 radical (unpaired) electrons. The van der Waals surface area contributed by atoms with Crippen LogP contribution < -0.4 is 19.7 Å². The van der Waals surface area contributed by atoms with Crippen LogP contribution in [-0.2, 0) is 6.54 Å². The number of rotatable bonds is 6. The number of nitrogens with zero attached hydrogens (tertiary/aromatic N) is 2. The second-order valence-electron chi connectivity index (χ2n) is 6.64. The van der Waals surface area contributed by atoms with Crippen LogP contribution >= 0.6 is 0 Å². The van der Waals surface area contributed by atoms with Gasteiger partial charge in [0, 0.05) is 20.1 Å². The van der Waals surface area contributed by atoms with Gasteiger partial charge in [-0.1, -0.05) is 24.3 Å². The maximum Gasteiger partial charge on any atom is 0.317 e. The Bertz CT molecular complexity index is 781. The Kier molecular flexibility index (Phi) is 6.06. The molecule has 0 aromatic heterocycles. The lowest BCUT2D eigenvalue weighted by atomic mass is 10.2. The lowest BCUT2D eigenvalue weighted by molar-refractivity contribution is 0.145. The van der Waals surface area contributed by atoms with Crippen LogP contribution in [0.2, 0.25) is 0 Å². The molecule has 1 heterocycles. The Morgan fingerprint density at radius 1 is 1.30 bits per heavy atom. The van der Waals surface area contributed by atoms with Crippen molar-refractivity contribution in [1.29, 1.82) is 0 Å². The number of ether oxygens (including phenoxy) is 2. The topological polar surface area (TPSA) is 54.0 Å². The molecule has 0 aliphatic carbocycles. The number of nitrogens with one attached hydrogen (secondary N) is 1. The fourth-order valence-corrected chi connectivity index (χ4v) is 3.26. The van der Waals surface area contributed by atoms with Crippen LogP contribution in [0.3, 0.4) is 0 Å². The van der Waals surface area contributed by atoms with Crippen LogP contribution in [0.1, 0.15) is 12.5 Å². The molecule has 0 saturated heterocycles. The molecule has 3 rings (SSSR count). The SMILES string of the molecule is CCN1C[C@@H](CN(C)C(=O)NCc2cccc(OC)c2)Oc2ccccc21. The van der Waals surface area contributed by atoms with Crippen LogP contribution in [-0.4, -0.2) is 50.8 Å². The van der Waals surface area contributed by atoms with Gasteiger partial charge in [-0.25, -0.2) is 4.79 Å². The summed E-state index contributed by atoms with van der Waals surface area (Å²) in [5.41, 5.74) is 2.11. The second kappa shape index (κ2) is 8.66. The molecule has 6 heteroatoms. The number of benzene rings is 2. The number of amides is 2. The van der Waals surface area contributed by atoms with E-state index >= 15 is 0 Å². The van der Waals surface area contributed by atoms with Crippen molar-refractivity contribution < 1.29 is 14.3 Å². The molecule has 0 spiro atoms. The molecule has 2 amide bonds. The zero-order valence-electron chi connectivity index (χ0n) is 16.1. The number of urea groups is 1. The summed E-state index contributed by atoms with van der Waals surface area (Å²) >= 11 is 0. The van der Waals surface area contributed by atoms with Crippen LogP contribution in [0.5, 0.6) is 11.5 Å². The van der Waals surface area contributed by atoms with Gasteiger partial charge in [0.15, 0.2) is 0 Å². The first kappa shape index (κ1) is 18.9. The molecule has 1 atom stereocenters. The van der Waals surface area contributed by atoms with E-state index in [2.05, 4.69) is 23.2 Å². The lowest BCUT2D eigenvalue weighted by Gasteiger charge is -2.37. The van der Waals surface area contributed by atoms with Crippen LogP contribution in [0.15, 0.2) is 48.5 Å². The number of fused-ring (bicyclic) bond motifs is 1. The third-order valence-electron chi connectivity index (χ3n) is 4.71. The van der Waals surface area contributed by atoms with Gasteiger partial charge in [-0.2, -0.15) is 0 Å². The fraction of sp³-hybridized carbons (Fsp3) is 0.381. The molecule has 0 saturated carbocycles. The smallest absolute Gasteiger partial charge is 0.317 e. The summed E-state index contributed by atoms with van der Waals surface area (Å²) in [6, 6.07) is 15.6. The Morgan fingerprint density at radius 2 is 2.11 bits per heavy atom. The molecule has 2 aromatic rings. The number of para-hydroxylation sites is 2. The zero-order chi connectivity index (χ0) is 19.2. The summed E-state index contributed by atoms with van der Waals surface area (Å²) in [4.78, 5) is 16.4. The number of carbonyl (C=O) groups is 1. The number of carbonyl (C=O) groups excluding carboxylic acids is 1. The van der Waals surface area contributed by atoms with E-state index in [9.17, 15) is 4.79 Å². The zero-order valence-corrected chi connectivity index (χ0v) is 16.1. The van der Waals surface area contributed by atoms with Crippen molar-refractivity contribution >= 4 is 11.7 Å². The number of likely N-dealkylation sites (N-methyl/N-ethyl adjacent to an activating group) is 2. The third kappa shape index (κ3) is 4.64. The van der Waals surface area contributed by atoms with Gasteiger partial charge in [0.25, 0.3) is 0 Å². The highest BCUT2D eigenvalue weighted by molar-refractivity contribution is 5.74. The van der Waals surface area contributed by atoms with Gasteiger partial charge in [0.2, 0.25) is 0 Å². The van der Waals surface area contributed by atoms with Crippen molar-refractivity contribution in [3.8, 4) is 11.5 Å². The predicted molar refractivity (Wildman–Crippen MR) is 107 cm³/mol. The molecule has 144 valence electrons. The molecule has 2 aromatic carbocycles. The van der Waals surface area contributed by atoms with Crippen LogP contribution in [0, 0.1) is 0 Å². The standard InChI is InChI=1S/C21H27N3O3/c1-4-24-15-18(27-20-11-6-5-10-19(20)24)14-23(2)21(25)22-13-16-8-7-9-17(12-16)26-3/h5-12,18H,4,13-15H2,1-3H3,(H,22,25)/t18-/m1/s1. The first-order valence-electron chi connectivity index (χ1n) is 9.23. The first-order valence-corrected chi connectivity index (χ1v) is 9.23. The lowest BCUT2D eigenvalue weighted by Crippen LogP contribution is -2.48. The summed E-state index contributed by atoms with van der Waals surface area (Å²) in [5.74, 6) is 1.66. The van der Waals surface area contributed by atoms with Gasteiger partial charge in [-0.3, -0.25) is 0 Å². The summed E-state index contributed by atoms with van der Waals surface area (Å²) in [5, 5.41) is 2.95. The highest BCUT2D eigenvalue weighted by atomic mass is 16.5. The maximum absolute atomic E-state index is 12.5. The van der Waals surface area contributed by atoms with Crippen LogP contribution in [0.25, 0.3) is 0 Å². The van der Waals surface area contributed by atoms with E-state index in [-0.39, 0.29) is 12.1 Å². The molecule has 0 unspecified atom stereocenters. The predicted octanol–water partition coefficient (Wildman–Crippen LogP) is 3.12. The Hall–Kier alpha value is -2.89. The minimum Gasteiger partial charge on any atom is -0.497 e. The quantitative estimate of drug-likeness (QED) is 0.850. The highest BCUT2D eigenvalue weighted by Crippen LogP contribution is 2.32. The van der Waals surface area contributed by atoms with Gasteiger partial charge in [-0.05, 0) is 36.8 Å². The van der Waals surface area contributed by atoms with Gasteiger partial charge >= 0.3 is 6.03 Å². The van der Waals surface area contributed by atoms with E-state index in [0.717, 1.165) is 35.8 Å². The largest absolute Gasteiger partial charge is 0.497 e. The summed E-state index contributed by atoms with van der Waals surface area (Å²) in [7, 11) is 3.43. The van der Waals surface area contributed by atoms with Crippen molar-refractivity contribution in [2.75, 3.05) is 38.7 Å². The van der Waals surface area contributed by atoms with Crippen molar-refractivity contribution in [2.45, 2.75) is 19.6 Å². The average molecular weight is 369 g/mol. The minimum absolute atomic E-state index is 0.0626. The number of anilines is 1. The molecule has 27 heavy (non-hydrogen) atoms. The number of hydrogen-bond acceptors (Lipinski definition) is 4. The van der Waals surface area contributed by atoms with Gasteiger partial charge < -0.3 is 24.6 Å². The Labute approximate surface area is 160 Å². The van der Waals surface area contributed by atoms with Crippen LogP contribution in [0.4, 0.5) is 10.5 Å². The van der Waals surface area contributed by atoms with E-state index in [1.807, 2.05) is 42.5 Å². The molecule has 0 bridgehead atoms. The number of hydrogen-bond donors (Lipinski definition) is 1. The average Bonchev–Trinajstić information content (AvgIpc) is 2.71. The van der Waals surface area contributed by atoms with E-state index < -0.39 is 0 Å². The van der Waals surface area contributed by atoms with Crippen molar-refractivity contribution in [3.63, 3.8) is 0 Å². The molecule has 1 N–H and O–H groups in total. The van der Waals surface area contributed by atoms with Crippen molar-refractivity contribution in [3.05, 3.63) is 54.1 Å². The molecular weight excluding hydrogens is 342 g/mol. The van der Waals surface area contributed by atoms with Crippen molar-refractivity contribution in [1.82, 2.24) is 10.2 Å². The monoisotopic (exact) mass is 369 g/mol. The molecule has 0 fully saturated rings. The van der Waals surface area contributed by atoms with Crippen molar-refractivity contribution in [2.24, 2.45) is 0 Å². The minimum atomic E-state index is -0.122. The van der Waals surface area contributed by atoms with Gasteiger partial charge in [0.1, 0.15) is 17.6 Å².